The van der Waals surface area contributed by atoms with Gasteiger partial charge in [0.15, 0.2) is 5.78 Å². The van der Waals surface area contributed by atoms with E-state index in [1.54, 1.807) is 0 Å². The maximum Gasteiger partial charge on any atom is 0.316 e. The first kappa shape index (κ1) is 14.8. The van der Waals surface area contributed by atoms with Gasteiger partial charge in [0.1, 0.15) is 5.92 Å². The summed E-state index contributed by atoms with van der Waals surface area (Å²) in [5.41, 5.74) is 1.74. The molecule has 2 rings (SSSR count). The van der Waals surface area contributed by atoms with Gasteiger partial charge in [0.05, 0.1) is 7.11 Å². The van der Waals surface area contributed by atoms with Crippen LogP contribution in [-0.4, -0.2) is 18.9 Å². The van der Waals surface area contributed by atoms with Crippen LogP contribution >= 0.6 is 15.9 Å². The molecule has 1 aliphatic carbocycles. The molecule has 0 fully saturated rings. The number of esters is 1. The Kier molecular flexibility index (Phi) is 4.60. The Morgan fingerprint density at radius 3 is 2.55 bits per heavy atom. The number of hydrogen-bond acceptors (Lipinski definition) is 4. The van der Waals surface area contributed by atoms with Crippen LogP contribution < -0.4 is 5.32 Å². The molecule has 0 bridgehead atoms. The van der Waals surface area contributed by atoms with Crippen molar-refractivity contribution in [2.75, 3.05) is 12.4 Å². The summed E-state index contributed by atoms with van der Waals surface area (Å²) < 4.78 is 5.68. The fraction of sp³-hybridized carbons (Fsp3) is 0.333. The van der Waals surface area contributed by atoms with E-state index < -0.39 is 11.9 Å². The van der Waals surface area contributed by atoms with Crippen LogP contribution in [0, 0.1) is 11.8 Å². The number of rotatable bonds is 3. The van der Waals surface area contributed by atoms with Gasteiger partial charge in [0.25, 0.3) is 0 Å². The highest BCUT2D eigenvalue weighted by Gasteiger charge is 2.35. The Hall–Kier alpha value is -1.62. The highest BCUT2D eigenvalue weighted by atomic mass is 79.9. The second kappa shape index (κ2) is 6.22. The molecular formula is C15H16BrNO3. The molecule has 0 aliphatic heterocycles. The number of carbonyl (C=O) groups excluding carboxylic acids is 2. The van der Waals surface area contributed by atoms with E-state index in [4.69, 9.17) is 0 Å². The fourth-order valence-electron chi connectivity index (χ4n) is 2.35. The molecule has 4 nitrogen and oxygen atoms in total. The molecular weight excluding hydrogens is 322 g/mol. The largest absolute Gasteiger partial charge is 0.468 e. The predicted octanol–water partition coefficient (Wildman–Crippen LogP) is 3.14. The monoisotopic (exact) mass is 337 g/mol. The Morgan fingerprint density at radius 1 is 1.35 bits per heavy atom. The third-order valence-electron chi connectivity index (χ3n) is 3.34. The average Bonchev–Trinajstić information content (AvgIpc) is 2.40. The number of methoxy groups -OCH3 is 1. The molecule has 0 heterocycles. The van der Waals surface area contributed by atoms with E-state index in [9.17, 15) is 9.59 Å². The minimum Gasteiger partial charge on any atom is -0.468 e. The van der Waals surface area contributed by atoms with Crippen LogP contribution in [0.15, 0.2) is 40.5 Å². The number of hydrogen-bond donors (Lipinski definition) is 1. The molecule has 5 heteroatoms. The first-order chi connectivity index (χ1) is 9.51. The molecule has 0 unspecified atom stereocenters. The standard InChI is InChI=1S/C15H16BrNO3/c1-9-7-12(8-13(18)14(9)15(19)20-2)17-11-5-3-10(16)4-6-11/h3-6,8-9,14,17H,7H2,1-2H3/t9-,14+/m1/s1. The Labute approximate surface area is 126 Å². The van der Waals surface area contributed by atoms with Crippen molar-refractivity contribution in [3.63, 3.8) is 0 Å². The number of anilines is 1. The second-order valence-corrected chi connectivity index (χ2v) is 5.80. The molecule has 0 saturated carbocycles. The first-order valence-corrected chi connectivity index (χ1v) is 7.15. The van der Waals surface area contributed by atoms with E-state index in [1.165, 1.54) is 13.2 Å². The summed E-state index contributed by atoms with van der Waals surface area (Å²) in [6.45, 7) is 1.88. The molecule has 1 aromatic carbocycles. The van der Waals surface area contributed by atoms with Gasteiger partial charge in [-0.3, -0.25) is 9.59 Å². The highest BCUT2D eigenvalue weighted by molar-refractivity contribution is 9.10. The number of benzene rings is 1. The molecule has 0 amide bonds. The summed E-state index contributed by atoms with van der Waals surface area (Å²) >= 11 is 3.37. The lowest BCUT2D eigenvalue weighted by Gasteiger charge is -2.26. The summed E-state index contributed by atoms with van der Waals surface area (Å²) in [5, 5.41) is 3.21. The summed E-state index contributed by atoms with van der Waals surface area (Å²) in [6, 6.07) is 7.70. The van der Waals surface area contributed by atoms with E-state index in [1.807, 2.05) is 31.2 Å². The Bertz CT molecular complexity index is 551. The van der Waals surface area contributed by atoms with Crippen LogP contribution in [0.25, 0.3) is 0 Å². The maximum absolute atomic E-state index is 12.0. The van der Waals surface area contributed by atoms with Crippen LogP contribution in [0.3, 0.4) is 0 Å². The van der Waals surface area contributed by atoms with E-state index in [0.29, 0.717) is 6.42 Å². The normalized spacial score (nSPS) is 22.1. The molecule has 1 aromatic rings. The molecule has 2 atom stereocenters. The zero-order chi connectivity index (χ0) is 14.7. The number of halogens is 1. The zero-order valence-electron chi connectivity index (χ0n) is 11.4. The van der Waals surface area contributed by atoms with Crippen LogP contribution in [0.4, 0.5) is 5.69 Å². The van der Waals surface area contributed by atoms with Gasteiger partial charge in [-0.15, -0.1) is 0 Å². The van der Waals surface area contributed by atoms with Crippen molar-refractivity contribution < 1.29 is 14.3 Å². The van der Waals surface area contributed by atoms with Crippen LogP contribution in [0.5, 0.6) is 0 Å². The van der Waals surface area contributed by atoms with Crippen molar-refractivity contribution in [2.45, 2.75) is 13.3 Å². The van der Waals surface area contributed by atoms with Crippen molar-refractivity contribution in [1.29, 1.82) is 0 Å². The van der Waals surface area contributed by atoms with Gasteiger partial charge in [-0.25, -0.2) is 0 Å². The van der Waals surface area contributed by atoms with Crippen molar-refractivity contribution in [3.05, 3.63) is 40.5 Å². The van der Waals surface area contributed by atoms with Gasteiger partial charge in [-0.1, -0.05) is 22.9 Å². The smallest absolute Gasteiger partial charge is 0.316 e. The van der Waals surface area contributed by atoms with Crippen molar-refractivity contribution in [3.8, 4) is 0 Å². The summed E-state index contributed by atoms with van der Waals surface area (Å²) in [5.74, 6) is -1.41. The van der Waals surface area contributed by atoms with Crippen molar-refractivity contribution >= 4 is 33.4 Å². The molecule has 1 N–H and O–H groups in total. The Morgan fingerprint density at radius 2 is 2.00 bits per heavy atom. The third kappa shape index (κ3) is 3.28. The van der Waals surface area contributed by atoms with Crippen molar-refractivity contribution in [2.24, 2.45) is 11.8 Å². The Balaban J connectivity index is 2.13. The molecule has 0 aromatic heterocycles. The lowest BCUT2D eigenvalue weighted by Crippen LogP contribution is -2.34. The third-order valence-corrected chi connectivity index (χ3v) is 3.87. The zero-order valence-corrected chi connectivity index (χ0v) is 12.9. The van der Waals surface area contributed by atoms with Gasteiger partial charge in [0.2, 0.25) is 0 Å². The summed E-state index contributed by atoms with van der Waals surface area (Å²) in [7, 11) is 1.31. The number of allylic oxidation sites excluding steroid dienone is 2. The summed E-state index contributed by atoms with van der Waals surface area (Å²) in [4.78, 5) is 23.6. The SMILES string of the molecule is COC(=O)[C@@H]1C(=O)C=C(Nc2ccc(Br)cc2)C[C@H]1C. The van der Waals surface area contributed by atoms with Crippen LogP contribution in [0.2, 0.25) is 0 Å². The molecule has 0 spiro atoms. The number of ketones is 1. The van der Waals surface area contributed by atoms with E-state index >= 15 is 0 Å². The van der Waals surface area contributed by atoms with Crippen LogP contribution in [0.1, 0.15) is 13.3 Å². The van der Waals surface area contributed by atoms with Gasteiger partial charge in [0, 0.05) is 21.9 Å². The average molecular weight is 338 g/mol. The van der Waals surface area contributed by atoms with Gasteiger partial charge in [-0.2, -0.15) is 0 Å². The second-order valence-electron chi connectivity index (χ2n) is 4.89. The number of nitrogens with one attached hydrogen (secondary N) is 1. The lowest BCUT2D eigenvalue weighted by atomic mass is 9.82. The van der Waals surface area contributed by atoms with Gasteiger partial charge < -0.3 is 10.1 Å². The van der Waals surface area contributed by atoms with E-state index in [2.05, 4.69) is 26.0 Å². The van der Waals surface area contributed by atoms with E-state index in [0.717, 1.165) is 15.9 Å². The molecule has 106 valence electrons. The van der Waals surface area contributed by atoms with Crippen molar-refractivity contribution in [1.82, 2.24) is 0 Å². The first-order valence-electron chi connectivity index (χ1n) is 6.36. The maximum atomic E-state index is 12.0. The van der Waals surface area contributed by atoms with Gasteiger partial charge in [-0.05, 0) is 36.6 Å². The highest BCUT2D eigenvalue weighted by Crippen LogP contribution is 2.29. The summed E-state index contributed by atoms with van der Waals surface area (Å²) in [6.07, 6.45) is 2.14. The van der Waals surface area contributed by atoms with Gasteiger partial charge >= 0.3 is 5.97 Å². The quantitative estimate of drug-likeness (QED) is 0.680. The molecule has 1 aliphatic rings. The predicted molar refractivity (Wildman–Crippen MR) is 80.1 cm³/mol. The molecule has 0 saturated heterocycles. The topological polar surface area (TPSA) is 55.4 Å². The fourth-order valence-corrected chi connectivity index (χ4v) is 2.61. The molecule has 0 radical (unpaired) electrons. The lowest BCUT2D eigenvalue weighted by molar-refractivity contribution is -0.150. The number of carbonyl (C=O) groups is 2. The van der Waals surface area contributed by atoms with E-state index in [-0.39, 0.29) is 11.7 Å². The van der Waals surface area contributed by atoms with Crippen LogP contribution in [-0.2, 0) is 14.3 Å². The number of ether oxygens (including phenoxy) is 1. The molecule has 20 heavy (non-hydrogen) atoms. The minimum absolute atomic E-state index is 0.0714. The minimum atomic E-state index is -0.685.